The molecule has 0 aliphatic heterocycles. The van der Waals surface area contributed by atoms with Gasteiger partial charge in [0.2, 0.25) is 10.0 Å². The molecule has 20 heavy (non-hydrogen) atoms. The van der Waals surface area contributed by atoms with Gasteiger partial charge in [-0.15, -0.1) is 0 Å². The van der Waals surface area contributed by atoms with Crippen molar-refractivity contribution in [3.05, 3.63) is 64.9 Å². The summed E-state index contributed by atoms with van der Waals surface area (Å²) in [7, 11) is -3.78. The first-order chi connectivity index (χ1) is 9.38. The van der Waals surface area contributed by atoms with Crippen molar-refractivity contribution in [2.24, 2.45) is 0 Å². The number of nitrogens with one attached hydrogen (secondary N) is 1. The van der Waals surface area contributed by atoms with E-state index >= 15 is 0 Å². The van der Waals surface area contributed by atoms with Crippen molar-refractivity contribution in [3.63, 3.8) is 0 Å². The molecule has 0 spiro atoms. The molecule has 2 rings (SSSR count). The molecule has 0 aromatic heterocycles. The van der Waals surface area contributed by atoms with E-state index in [0.29, 0.717) is 5.02 Å². The molecule has 3 nitrogen and oxygen atoms in total. The van der Waals surface area contributed by atoms with E-state index < -0.39 is 21.9 Å². The Morgan fingerprint density at radius 2 is 1.85 bits per heavy atom. The van der Waals surface area contributed by atoms with Gasteiger partial charge in [-0.1, -0.05) is 29.8 Å². The lowest BCUT2D eigenvalue weighted by atomic mass is 10.1. The van der Waals surface area contributed by atoms with Gasteiger partial charge in [-0.05, 0) is 42.8 Å². The van der Waals surface area contributed by atoms with Gasteiger partial charge in [-0.25, -0.2) is 17.5 Å². The summed E-state index contributed by atoms with van der Waals surface area (Å²) >= 11 is 5.87. The van der Waals surface area contributed by atoms with Crippen molar-refractivity contribution >= 4 is 21.6 Å². The quantitative estimate of drug-likeness (QED) is 0.938. The molecule has 0 aliphatic rings. The van der Waals surface area contributed by atoms with Crippen molar-refractivity contribution in [1.29, 1.82) is 0 Å². The van der Waals surface area contributed by atoms with E-state index in [1.54, 1.807) is 31.2 Å². The third-order valence-electron chi connectivity index (χ3n) is 2.79. The zero-order valence-electron chi connectivity index (χ0n) is 10.7. The van der Waals surface area contributed by atoms with E-state index in [9.17, 15) is 12.8 Å². The van der Waals surface area contributed by atoms with Crippen molar-refractivity contribution < 1.29 is 12.8 Å². The molecule has 1 N–H and O–H groups in total. The Morgan fingerprint density at radius 1 is 1.15 bits per heavy atom. The lowest BCUT2D eigenvalue weighted by molar-refractivity contribution is 0.564. The molecule has 2 aromatic rings. The second kappa shape index (κ2) is 5.91. The van der Waals surface area contributed by atoms with E-state index in [1.165, 1.54) is 18.2 Å². The molecule has 0 radical (unpaired) electrons. The molecule has 0 aliphatic carbocycles. The van der Waals surface area contributed by atoms with Gasteiger partial charge in [0.05, 0.1) is 4.90 Å². The van der Waals surface area contributed by atoms with Crippen molar-refractivity contribution in [2.45, 2.75) is 17.9 Å². The lowest BCUT2D eigenvalue weighted by Crippen LogP contribution is -2.27. The molecule has 106 valence electrons. The molecule has 2 aromatic carbocycles. The van der Waals surface area contributed by atoms with Gasteiger partial charge in [0.15, 0.2) is 0 Å². The molecule has 1 atom stereocenters. The van der Waals surface area contributed by atoms with Crippen LogP contribution in [0.2, 0.25) is 5.02 Å². The number of sulfonamides is 1. The second-order valence-corrected chi connectivity index (χ2v) is 6.51. The second-order valence-electron chi connectivity index (χ2n) is 4.36. The summed E-state index contributed by atoms with van der Waals surface area (Å²) in [5.74, 6) is -0.594. The smallest absolute Gasteiger partial charge is 0.207 e. The van der Waals surface area contributed by atoms with Crippen molar-refractivity contribution in [1.82, 2.24) is 4.72 Å². The minimum Gasteiger partial charge on any atom is -0.207 e. The Kier molecular flexibility index (Phi) is 4.42. The molecule has 0 saturated carbocycles. The predicted octanol–water partition coefficient (Wildman–Crippen LogP) is 3.52. The summed E-state index contributed by atoms with van der Waals surface area (Å²) < 4.78 is 39.9. The minimum absolute atomic E-state index is 0.105. The lowest BCUT2D eigenvalue weighted by Gasteiger charge is -2.15. The zero-order chi connectivity index (χ0) is 14.8. The van der Waals surface area contributed by atoms with Gasteiger partial charge in [-0.3, -0.25) is 0 Å². The Labute approximate surface area is 122 Å². The van der Waals surface area contributed by atoms with Crippen molar-refractivity contribution in [3.8, 4) is 0 Å². The van der Waals surface area contributed by atoms with E-state index in [2.05, 4.69) is 4.72 Å². The van der Waals surface area contributed by atoms with E-state index in [1.807, 2.05) is 0 Å². The van der Waals surface area contributed by atoms with Crippen LogP contribution in [0.1, 0.15) is 18.5 Å². The fraction of sp³-hybridized carbons (Fsp3) is 0.143. The van der Waals surface area contributed by atoms with E-state index in [4.69, 9.17) is 11.6 Å². The molecule has 0 amide bonds. The fourth-order valence-electron chi connectivity index (χ4n) is 1.78. The Morgan fingerprint density at radius 3 is 2.50 bits per heavy atom. The van der Waals surface area contributed by atoms with Gasteiger partial charge >= 0.3 is 0 Å². The average molecular weight is 314 g/mol. The summed E-state index contributed by atoms with van der Waals surface area (Å²) in [4.78, 5) is -0.105. The number of hydrogen-bond donors (Lipinski definition) is 1. The van der Waals surface area contributed by atoms with Crippen LogP contribution in [0, 0.1) is 5.82 Å². The van der Waals surface area contributed by atoms with Crippen LogP contribution in [0.15, 0.2) is 53.4 Å². The van der Waals surface area contributed by atoms with Crippen LogP contribution >= 0.6 is 11.6 Å². The Hall–Kier alpha value is -1.43. The highest BCUT2D eigenvalue weighted by molar-refractivity contribution is 7.89. The van der Waals surface area contributed by atoms with Gasteiger partial charge in [0.1, 0.15) is 5.82 Å². The van der Waals surface area contributed by atoms with Crippen LogP contribution in [0.3, 0.4) is 0 Å². The highest BCUT2D eigenvalue weighted by Crippen LogP contribution is 2.20. The first kappa shape index (κ1) is 15.0. The SMILES string of the molecule is CC(NS(=O)(=O)c1cccc(F)c1)c1cccc(Cl)c1. The molecule has 0 saturated heterocycles. The topological polar surface area (TPSA) is 46.2 Å². The number of benzene rings is 2. The molecule has 0 heterocycles. The number of rotatable bonds is 4. The summed E-state index contributed by atoms with van der Waals surface area (Å²) in [6.07, 6.45) is 0. The first-order valence-electron chi connectivity index (χ1n) is 5.92. The number of hydrogen-bond acceptors (Lipinski definition) is 2. The number of halogens is 2. The van der Waals surface area contributed by atoms with Crippen LogP contribution in [0.25, 0.3) is 0 Å². The van der Waals surface area contributed by atoms with E-state index in [0.717, 1.165) is 11.6 Å². The molecule has 0 bridgehead atoms. The Bertz CT molecular complexity index is 719. The first-order valence-corrected chi connectivity index (χ1v) is 7.78. The molecular weight excluding hydrogens is 301 g/mol. The predicted molar refractivity (Wildman–Crippen MR) is 76.6 cm³/mol. The standard InChI is InChI=1S/C14H13ClFNO2S/c1-10(11-4-2-5-12(15)8-11)17-20(18,19)14-7-3-6-13(16)9-14/h2-10,17H,1H3. The van der Waals surface area contributed by atoms with E-state index in [-0.39, 0.29) is 4.90 Å². The monoisotopic (exact) mass is 313 g/mol. The average Bonchev–Trinajstić information content (AvgIpc) is 2.38. The largest absolute Gasteiger partial charge is 0.241 e. The van der Waals surface area contributed by atoms with Crippen molar-refractivity contribution in [2.75, 3.05) is 0 Å². The minimum atomic E-state index is -3.78. The summed E-state index contributed by atoms with van der Waals surface area (Å²) in [6.45, 7) is 1.70. The third kappa shape index (κ3) is 3.56. The molecule has 6 heteroatoms. The molecule has 0 fully saturated rings. The zero-order valence-corrected chi connectivity index (χ0v) is 12.2. The van der Waals surface area contributed by atoms with Crippen LogP contribution in [-0.4, -0.2) is 8.42 Å². The maximum atomic E-state index is 13.1. The Balaban J connectivity index is 2.24. The van der Waals surface area contributed by atoms with Crippen LogP contribution in [0.5, 0.6) is 0 Å². The highest BCUT2D eigenvalue weighted by Gasteiger charge is 2.18. The summed E-state index contributed by atoms with van der Waals surface area (Å²) in [6, 6.07) is 11.3. The highest BCUT2D eigenvalue weighted by atomic mass is 35.5. The van der Waals surface area contributed by atoms with Crippen LogP contribution in [-0.2, 0) is 10.0 Å². The third-order valence-corrected chi connectivity index (χ3v) is 4.56. The van der Waals surface area contributed by atoms with Gasteiger partial charge in [0.25, 0.3) is 0 Å². The molecular formula is C14H13ClFNO2S. The van der Waals surface area contributed by atoms with Gasteiger partial charge in [-0.2, -0.15) is 0 Å². The van der Waals surface area contributed by atoms with Gasteiger partial charge in [0, 0.05) is 11.1 Å². The van der Waals surface area contributed by atoms with Crippen LogP contribution in [0.4, 0.5) is 4.39 Å². The van der Waals surface area contributed by atoms with Crippen LogP contribution < -0.4 is 4.72 Å². The maximum absolute atomic E-state index is 13.1. The maximum Gasteiger partial charge on any atom is 0.241 e. The fourth-order valence-corrected chi connectivity index (χ4v) is 3.24. The summed E-state index contributed by atoms with van der Waals surface area (Å²) in [5, 5.41) is 0.527. The molecule has 1 unspecified atom stereocenters. The summed E-state index contributed by atoms with van der Waals surface area (Å²) in [5.41, 5.74) is 0.734. The normalized spacial score (nSPS) is 13.2. The van der Waals surface area contributed by atoms with Gasteiger partial charge < -0.3 is 0 Å².